The van der Waals surface area contributed by atoms with Gasteiger partial charge in [0.05, 0.1) is 12.7 Å². The lowest BCUT2D eigenvalue weighted by Gasteiger charge is -2.10. The van der Waals surface area contributed by atoms with Crippen LogP contribution in [0, 0.1) is 11.3 Å². The monoisotopic (exact) mass is 170 g/mol. The van der Waals surface area contributed by atoms with E-state index in [9.17, 15) is 9.59 Å². The van der Waals surface area contributed by atoms with E-state index in [1.807, 2.05) is 0 Å². The molecule has 0 saturated carbocycles. The highest BCUT2D eigenvalue weighted by Crippen LogP contribution is 1.87. The normalized spacial score (nSPS) is 8.42. The number of nitriles is 1. The fourth-order valence-corrected chi connectivity index (χ4v) is 0.527. The van der Waals surface area contributed by atoms with E-state index in [1.165, 1.54) is 7.05 Å². The largest absolute Gasteiger partial charge is 0.459 e. The fraction of sp³-hybridized carbons (Fsp3) is 0.571. The second-order valence-corrected chi connectivity index (χ2v) is 2.04. The second kappa shape index (κ2) is 5.13. The van der Waals surface area contributed by atoms with Gasteiger partial charge >= 0.3 is 11.9 Å². The average Bonchev–Trinajstić information content (AvgIpc) is 2.04. The predicted octanol–water partition coefficient (Wildman–Crippen LogP) is -0.469. The fourth-order valence-electron chi connectivity index (χ4n) is 0.527. The summed E-state index contributed by atoms with van der Waals surface area (Å²) in [5, 5.41) is 8.20. The van der Waals surface area contributed by atoms with Gasteiger partial charge in [0.2, 0.25) is 0 Å². The Balaban J connectivity index is 4.02. The molecule has 0 radical (unpaired) electrons. The van der Waals surface area contributed by atoms with Gasteiger partial charge in [-0.2, -0.15) is 5.26 Å². The van der Waals surface area contributed by atoms with Crippen molar-refractivity contribution in [3.8, 4) is 6.07 Å². The summed E-state index contributed by atoms with van der Waals surface area (Å²) in [5.41, 5.74) is 0. The van der Waals surface area contributed by atoms with Crippen LogP contribution in [0.4, 0.5) is 0 Å². The highest BCUT2D eigenvalue weighted by atomic mass is 16.5. The molecule has 0 heterocycles. The van der Waals surface area contributed by atoms with Crippen molar-refractivity contribution >= 4 is 11.9 Å². The average molecular weight is 170 g/mol. The Morgan fingerprint density at radius 3 is 2.58 bits per heavy atom. The van der Waals surface area contributed by atoms with Gasteiger partial charge in [-0.3, -0.25) is 4.79 Å². The SMILES string of the molecule is CCOC(=O)C(=O)N(C)CC#N. The molecule has 0 aliphatic carbocycles. The van der Waals surface area contributed by atoms with Gasteiger partial charge < -0.3 is 9.64 Å². The van der Waals surface area contributed by atoms with E-state index in [1.54, 1.807) is 13.0 Å². The van der Waals surface area contributed by atoms with Crippen LogP contribution in [0.1, 0.15) is 6.92 Å². The van der Waals surface area contributed by atoms with Crippen LogP contribution in [-0.2, 0) is 14.3 Å². The molecule has 66 valence electrons. The predicted molar refractivity (Wildman–Crippen MR) is 39.9 cm³/mol. The Morgan fingerprint density at radius 2 is 2.17 bits per heavy atom. The molecule has 0 aliphatic heterocycles. The summed E-state index contributed by atoms with van der Waals surface area (Å²) in [6.07, 6.45) is 0. The van der Waals surface area contributed by atoms with E-state index in [4.69, 9.17) is 5.26 Å². The van der Waals surface area contributed by atoms with Crippen LogP contribution >= 0.6 is 0 Å². The van der Waals surface area contributed by atoms with Crippen LogP contribution < -0.4 is 0 Å². The first-order valence-electron chi connectivity index (χ1n) is 3.42. The highest BCUT2D eigenvalue weighted by Gasteiger charge is 2.18. The Bertz CT molecular complexity index is 219. The molecule has 1 amide bonds. The number of hydrogen-bond donors (Lipinski definition) is 0. The minimum Gasteiger partial charge on any atom is -0.459 e. The molecule has 5 heteroatoms. The summed E-state index contributed by atoms with van der Waals surface area (Å²) < 4.78 is 4.43. The third kappa shape index (κ3) is 3.01. The first-order valence-corrected chi connectivity index (χ1v) is 3.42. The van der Waals surface area contributed by atoms with Gasteiger partial charge in [0.1, 0.15) is 6.54 Å². The van der Waals surface area contributed by atoms with Crippen LogP contribution in [0.2, 0.25) is 0 Å². The van der Waals surface area contributed by atoms with Crippen molar-refractivity contribution in [1.82, 2.24) is 4.90 Å². The maximum Gasteiger partial charge on any atom is 0.397 e. The number of likely N-dealkylation sites (N-methyl/N-ethyl adjacent to an activating group) is 1. The summed E-state index contributed by atoms with van der Waals surface area (Å²) >= 11 is 0. The second-order valence-electron chi connectivity index (χ2n) is 2.04. The van der Waals surface area contributed by atoms with Crippen molar-refractivity contribution in [3.05, 3.63) is 0 Å². The number of ether oxygens (including phenoxy) is 1. The maximum absolute atomic E-state index is 10.9. The van der Waals surface area contributed by atoms with Gasteiger partial charge in [-0.25, -0.2) is 4.79 Å². The Kier molecular flexibility index (Phi) is 4.46. The molecule has 12 heavy (non-hydrogen) atoms. The number of carbonyl (C=O) groups excluding carboxylic acids is 2. The summed E-state index contributed by atoms with van der Waals surface area (Å²) in [6.45, 7) is 1.65. The van der Waals surface area contributed by atoms with Gasteiger partial charge in [-0.05, 0) is 6.92 Å². The summed E-state index contributed by atoms with van der Waals surface area (Å²) in [4.78, 5) is 22.7. The van der Waals surface area contributed by atoms with Crippen LogP contribution in [0.15, 0.2) is 0 Å². The molecule has 0 unspecified atom stereocenters. The van der Waals surface area contributed by atoms with Gasteiger partial charge in [-0.1, -0.05) is 0 Å². The number of nitrogens with zero attached hydrogens (tertiary/aromatic N) is 2. The molecule has 0 aromatic carbocycles. The third-order valence-electron chi connectivity index (χ3n) is 1.10. The van der Waals surface area contributed by atoms with Crippen LogP contribution in [-0.4, -0.2) is 37.0 Å². The number of hydrogen-bond acceptors (Lipinski definition) is 4. The van der Waals surface area contributed by atoms with Crippen molar-refractivity contribution in [2.24, 2.45) is 0 Å². The molecular weight excluding hydrogens is 160 g/mol. The molecule has 0 N–H and O–H groups in total. The van der Waals surface area contributed by atoms with Gasteiger partial charge in [0.15, 0.2) is 0 Å². The molecule has 0 saturated heterocycles. The summed E-state index contributed by atoms with van der Waals surface area (Å²) in [5.74, 6) is -1.71. The van der Waals surface area contributed by atoms with Crippen molar-refractivity contribution in [2.75, 3.05) is 20.2 Å². The lowest BCUT2D eigenvalue weighted by molar-refractivity contribution is -0.158. The lowest BCUT2D eigenvalue weighted by Crippen LogP contribution is -2.34. The number of esters is 1. The van der Waals surface area contributed by atoms with Crippen LogP contribution in [0.5, 0.6) is 0 Å². The summed E-state index contributed by atoms with van der Waals surface area (Å²) in [7, 11) is 1.36. The Hall–Kier alpha value is -1.57. The zero-order valence-electron chi connectivity index (χ0n) is 7.03. The molecule has 0 rings (SSSR count). The van der Waals surface area contributed by atoms with E-state index in [2.05, 4.69) is 4.74 Å². The van der Waals surface area contributed by atoms with E-state index in [-0.39, 0.29) is 13.2 Å². The standard InChI is InChI=1S/C7H10N2O3/c1-3-12-7(11)6(10)9(2)5-4-8/h3,5H2,1-2H3. The van der Waals surface area contributed by atoms with E-state index >= 15 is 0 Å². The highest BCUT2D eigenvalue weighted by molar-refractivity contribution is 6.32. The molecular formula is C7H10N2O3. The zero-order valence-corrected chi connectivity index (χ0v) is 7.03. The topological polar surface area (TPSA) is 70.4 Å². The molecule has 0 spiro atoms. The molecule has 5 nitrogen and oxygen atoms in total. The number of carbonyl (C=O) groups is 2. The Morgan fingerprint density at radius 1 is 1.58 bits per heavy atom. The first-order chi connectivity index (χ1) is 5.63. The molecule has 0 aromatic heterocycles. The van der Waals surface area contributed by atoms with E-state index in [0.717, 1.165) is 4.90 Å². The van der Waals surface area contributed by atoms with Crippen molar-refractivity contribution in [3.63, 3.8) is 0 Å². The zero-order chi connectivity index (χ0) is 9.56. The smallest absolute Gasteiger partial charge is 0.397 e. The minimum absolute atomic E-state index is 0.113. The minimum atomic E-state index is -0.921. The molecule has 0 fully saturated rings. The summed E-state index contributed by atoms with van der Waals surface area (Å²) in [6, 6.07) is 1.74. The van der Waals surface area contributed by atoms with Crippen LogP contribution in [0.3, 0.4) is 0 Å². The maximum atomic E-state index is 10.9. The molecule has 0 atom stereocenters. The number of rotatable bonds is 2. The van der Waals surface area contributed by atoms with Crippen LogP contribution in [0.25, 0.3) is 0 Å². The van der Waals surface area contributed by atoms with Crippen molar-refractivity contribution in [1.29, 1.82) is 5.26 Å². The van der Waals surface area contributed by atoms with Crippen molar-refractivity contribution in [2.45, 2.75) is 6.92 Å². The van der Waals surface area contributed by atoms with Gasteiger partial charge in [0.25, 0.3) is 0 Å². The Labute approximate surface area is 70.5 Å². The van der Waals surface area contributed by atoms with Gasteiger partial charge in [-0.15, -0.1) is 0 Å². The van der Waals surface area contributed by atoms with Crippen molar-refractivity contribution < 1.29 is 14.3 Å². The van der Waals surface area contributed by atoms with Gasteiger partial charge in [0, 0.05) is 7.05 Å². The number of amides is 1. The molecule has 0 bridgehead atoms. The first kappa shape index (κ1) is 10.4. The lowest BCUT2D eigenvalue weighted by atomic mass is 10.5. The third-order valence-corrected chi connectivity index (χ3v) is 1.10. The van der Waals surface area contributed by atoms with E-state index in [0.29, 0.717) is 0 Å². The molecule has 0 aromatic rings. The molecule has 0 aliphatic rings. The quantitative estimate of drug-likeness (QED) is 0.319. The van der Waals surface area contributed by atoms with E-state index < -0.39 is 11.9 Å².